The van der Waals surface area contributed by atoms with E-state index in [1.807, 2.05) is 13.8 Å². The van der Waals surface area contributed by atoms with E-state index in [1.54, 1.807) is 6.92 Å². The Morgan fingerprint density at radius 3 is 2.60 bits per heavy atom. The summed E-state index contributed by atoms with van der Waals surface area (Å²) in [6.07, 6.45) is 0.700. The first-order valence-electron chi connectivity index (χ1n) is 7.79. The molecular weight excluding hydrogens is 368 g/mol. The fraction of sp³-hybridized carbons (Fsp3) is 0.667. The second-order valence-corrected chi connectivity index (χ2v) is 7.52. The first-order chi connectivity index (χ1) is 11.8. The van der Waals surface area contributed by atoms with Crippen LogP contribution >= 0.6 is 23.5 Å². The van der Waals surface area contributed by atoms with E-state index in [-0.39, 0.29) is 24.2 Å². The number of hydrogen-bond donors (Lipinski definition) is 1. The highest BCUT2D eigenvalue weighted by Crippen LogP contribution is 2.30. The highest BCUT2D eigenvalue weighted by Gasteiger charge is 2.36. The van der Waals surface area contributed by atoms with Gasteiger partial charge < -0.3 is 14.8 Å². The summed E-state index contributed by atoms with van der Waals surface area (Å²) in [7, 11) is 1.27. The van der Waals surface area contributed by atoms with Crippen molar-refractivity contribution in [3.8, 4) is 0 Å². The predicted molar refractivity (Wildman–Crippen MR) is 96.3 cm³/mol. The molecule has 1 rings (SSSR count). The zero-order valence-electron chi connectivity index (χ0n) is 14.6. The van der Waals surface area contributed by atoms with Crippen LogP contribution in [0.15, 0.2) is 4.99 Å². The first-order valence-corrected chi connectivity index (χ1v) is 9.66. The molecule has 0 aromatic heterocycles. The topological polar surface area (TPSA) is 111 Å². The number of nitrogens with one attached hydrogen (secondary N) is 1. The molecule has 140 valence electrons. The summed E-state index contributed by atoms with van der Waals surface area (Å²) < 4.78 is 9.84. The number of carbonyl (C=O) groups is 4. The van der Waals surface area contributed by atoms with E-state index < -0.39 is 29.1 Å². The number of hydrogen-bond acceptors (Lipinski definition) is 8. The normalized spacial score (nSPS) is 19.0. The molecule has 8 nitrogen and oxygen atoms in total. The lowest BCUT2D eigenvalue weighted by molar-refractivity contribution is -0.146. The molecule has 25 heavy (non-hydrogen) atoms. The maximum atomic E-state index is 12.1. The number of thioether (sulfide) groups is 2. The van der Waals surface area contributed by atoms with Gasteiger partial charge in [0.05, 0.1) is 19.5 Å². The van der Waals surface area contributed by atoms with Crippen molar-refractivity contribution in [3.05, 3.63) is 0 Å². The van der Waals surface area contributed by atoms with Crippen molar-refractivity contribution in [1.29, 1.82) is 0 Å². The van der Waals surface area contributed by atoms with Gasteiger partial charge in [0.15, 0.2) is 5.25 Å². The lowest BCUT2D eigenvalue weighted by Gasteiger charge is -2.21. The quantitative estimate of drug-likeness (QED) is 0.482. The van der Waals surface area contributed by atoms with Gasteiger partial charge in [-0.2, -0.15) is 4.99 Å². The van der Waals surface area contributed by atoms with Gasteiger partial charge in [-0.25, -0.2) is 4.79 Å². The Balaban J connectivity index is 2.53. The summed E-state index contributed by atoms with van der Waals surface area (Å²) in [5.41, 5.74) is 0. The Hall–Kier alpha value is -1.55. The monoisotopic (exact) mass is 390 g/mol. The van der Waals surface area contributed by atoms with Crippen LogP contribution in [0.2, 0.25) is 0 Å². The molecule has 0 aromatic carbocycles. The van der Waals surface area contributed by atoms with Gasteiger partial charge >= 0.3 is 11.9 Å². The lowest BCUT2D eigenvalue weighted by atomic mass is 9.99. The Morgan fingerprint density at radius 2 is 2.04 bits per heavy atom. The third-order valence-electron chi connectivity index (χ3n) is 3.46. The summed E-state index contributed by atoms with van der Waals surface area (Å²) >= 11 is 2.00. The van der Waals surface area contributed by atoms with Gasteiger partial charge in [-0.3, -0.25) is 14.4 Å². The lowest BCUT2D eigenvalue weighted by Crippen LogP contribution is -2.46. The maximum absolute atomic E-state index is 12.1. The number of nitrogens with zero attached hydrogens (tertiary/aromatic N) is 1. The van der Waals surface area contributed by atoms with Crippen LogP contribution in [0.4, 0.5) is 0 Å². The van der Waals surface area contributed by atoms with E-state index in [4.69, 9.17) is 9.47 Å². The number of rotatable bonds is 8. The Labute approximate surface area is 154 Å². The third-order valence-corrected chi connectivity index (χ3v) is 5.77. The molecule has 1 N–H and O–H groups in total. The Morgan fingerprint density at radius 1 is 1.36 bits per heavy atom. The molecule has 0 aliphatic carbocycles. The van der Waals surface area contributed by atoms with E-state index >= 15 is 0 Å². The smallest absolute Gasteiger partial charge is 0.329 e. The van der Waals surface area contributed by atoms with Crippen LogP contribution in [-0.2, 0) is 28.7 Å². The van der Waals surface area contributed by atoms with Crippen molar-refractivity contribution >= 4 is 51.7 Å². The molecule has 1 heterocycles. The second-order valence-electron chi connectivity index (χ2n) is 5.21. The van der Waals surface area contributed by atoms with Crippen LogP contribution in [0.5, 0.6) is 0 Å². The molecule has 10 heteroatoms. The van der Waals surface area contributed by atoms with Crippen LogP contribution in [0.1, 0.15) is 27.2 Å². The fourth-order valence-electron chi connectivity index (χ4n) is 1.90. The van der Waals surface area contributed by atoms with E-state index in [1.165, 1.54) is 7.11 Å². The maximum Gasteiger partial charge on any atom is 0.329 e. The SMILES string of the molecule is CCOC(=O)C1SC(SCC(=O)NC(C(=O)OC)C(C)CC)=NC1=O. The van der Waals surface area contributed by atoms with Gasteiger partial charge in [0.2, 0.25) is 5.91 Å². The van der Waals surface area contributed by atoms with Crippen LogP contribution in [0.3, 0.4) is 0 Å². The van der Waals surface area contributed by atoms with Crippen LogP contribution in [-0.4, -0.2) is 58.9 Å². The summed E-state index contributed by atoms with van der Waals surface area (Å²) in [6, 6.07) is -0.727. The molecule has 0 radical (unpaired) electrons. The van der Waals surface area contributed by atoms with Gasteiger partial charge in [-0.05, 0) is 12.8 Å². The number of amides is 2. The molecule has 3 atom stereocenters. The van der Waals surface area contributed by atoms with E-state index in [0.717, 1.165) is 23.5 Å². The predicted octanol–water partition coefficient (Wildman–Crippen LogP) is 0.985. The minimum Gasteiger partial charge on any atom is -0.467 e. The van der Waals surface area contributed by atoms with Gasteiger partial charge in [0.1, 0.15) is 10.4 Å². The molecule has 0 saturated heterocycles. The summed E-state index contributed by atoms with van der Waals surface area (Å²) in [5, 5.41) is 1.63. The first kappa shape index (κ1) is 21.5. The molecular formula is C15H22N2O6S2. The zero-order chi connectivity index (χ0) is 19.0. The Bertz CT molecular complexity index is 566. The highest BCUT2D eigenvalue weighted by molar-refractivity contribution is 8.40. The Kier molecular flexibility index (Phi) is 8.98. The van der Waals surface area contributed by atoms with Crippen molar-refractivity contribution in [2.24, 2.45) is 10.9 Å². The van der Waals surface area contributed by atoms with Crippen molar-refractivity contribution in [2.75, 3.05) is 19.5 Å². The number of ether oxygens (including phenoxy) is 2. The van der Waals surface area contributed by atoms with Crippen molar-refractivity contribution < 1.29 is 28.7 Å². The minimum absolute atomic E-state index is 0.0292. The number of methoxy groups -OCH3 is 1. The average Bonchev–Trinajstić information content (AvgIpc) is 2.97. The molecule has 0 saturated carbocycles. The van der Waals surface area contributed by atoms with E-state index in [9.17, 15) is 19.2 Å². The van der Waals surface area contributed by atoms with Crippen molar-refractivity contribution in [3.63, 3.8) is 0 Å². The fourth-order valence-corrected chi connectivity index (χ4v) is 3.79. The minimum atomic E-state index is -1.01. The van der Waals surface area contributed by atoms with E-state index in [0.29, 0.717) is 10.8 Å². The van der Waals surface area contributed by atoms with Gasteiger partial charge in [0.25, 0.3) is 5.91 Å². The summed E-state index contributed by atoms with van der Waals surface area (Å²) in [6.45, 7) is 5.58. The van der Waals surface area contributed by atoms with Crippen LogP contribution < -0.4 is 5.32 Å². The highest BCUT2D eigenvalue weighted by atomic mass is 32.2. The van der Waals surface area contributed by atoms with Crippen molar-refractivity contribution in [1.82, 2.24) is 5.32 Å². The molecule has 3 unspecified atom stereocenters. The van der Waals surface area contributed by atoms with Crippen LogP contribution in [0.25, 0.3) is 0 Å². The number of esters is 2. The molecule has 0 bridgehead atoms. The summed E-state index contributed by atoms with van der Waals surface area (Å²) in [4.78, 5) is 50.9. The molecule has 0 fully saturated rings. The standard InChI is InChI=1S/C15H22N2O6S2/c1-5-8(3)10(13(20)22-4)16-9(18)7-24-15-17-12(19)11(25-15)14(21)23-6-2/h8,10-11H,5-7H2,1-4H3,(H,16,18). The number of carbonyl (C=O) groups excluding carboxylic acids is 4. The van der Waals surface area contributed by atoms with Crippen LogP contribution in [0, 0.1) is 5.92 Å². The average molecular weight is 390 g/mol. The molecule has 0 aromatic rings. The second kappa shape index (κ2) is 10.4. The summed E-state index contributed by atoms with van der Waals surface area (Å²) in [5.74, 6) is -2.20. The molecule has 0 spiro atoms. The third kappa shape index (κ3) is 6.35. The van der Waals surface area contributed by atoms with Gasteiger partial charge in [-0.1, -0.05) is 43.8 Å². The molecule has 2 amide bonds. The van der Waals surface area contributed by atoms with Crippen molar-refractivity contribution in [2.45, 2.75) is 38.5 Å². The molecule has 1 aliphatic rings. The van der Waals surface area contributed by atoms with Gasteiger partial charge in [0, 0.05) is 0 Å². The number of aliphatic imine (C=N–C) groups is 1. The largest absolute Gasteiger partial charge is 0.467 e. The van der Waals surface area contributed by atoms with Gasteiger partial charge in [-0.15, -0.1) is 0 Å². The molecule has 1 aliphatic heterocycles. The zero-order valence-corrected chi connectivity index (χ0v) is 16.2. The van der Waals surface area contributed by atoms with E-state index in [2.05, 4.69) is 10.3 Å².